The second kappa shape index (κ2) is 6.75. The Morgan fingerprint density at radius 2 is 1.95 bits per heavy atom. The van der Waals surface area contributed by atoms with Gasteiger partial charge in [0.1, 0.15) is 5.60 Å². The van der Waals surface area contributed by atoms with Gasteiger partial charge >= 0.3 is 12.1 Å². The number of hydrogen-bond acceptors (Lipinski definition) is 5. The molecule has 1 amide bonds. The second-order valence-electron chi connectivity index (χ2n) is 5.72. The molecule has 0 aromatic rings. The number of likely N-dealkylation sites (tertiary alicyclic amines) is 1. The number of carbonyl (C=O) groups is 2. The first kappa shape index (κ1) is 15.8. The lowest BCUT2D eigenvalue weighted by Crippen LogP contribution is -2.60. The lowest BCUT2D eigenvalue weighted by Gasteiger charge is -2.40. The van der Waals surface area contributed by atoms with Gasteiger partial charge in [0, 0.05) is 25.6 Å². The fourth-order valence-electron chi connectivity index (χ4n) is 1.72. The van der Waals surface area contributed by atoms with E-state index in [0.29, 0.717) is 25.6 Å². The highest BCUT2D eigenvalue weighted by Gasteiger charge is 2.33. The normalized spacial score (nSPS) is 15.9. The van der Waals surface area contributed by atoms with E-state index in [4.69, 9.17) is 4.74 Å². The van der Waals surface area contributed by atoms with Crippen LogP contribution >= 0.6 is 0 Å². The molecule has 19 heavy (non-hydrogen) atoms. The summed E-state index contributed by atoms with van der Waals surface area (Å²) in [4.78, 5) is 24.2. The van der Waals surface area contributed by atoms with Crippen molar-refractivity contribution in [3.05, 3.63) is 0 Å². The number of carbonyl (C=O) groups excluding carboxylic acids is 2. The molecule has 1 N–H and O–H groups in total. The Bertz CT molecular complexity index is 319. The number of nitrogens with zero attached hydrogens (tertiary/aromatic N) is 1. The van der Waals surface area contributed by atoms with Gasteiger partial charge in [0.05, 0.1) is 7.11 Å². The van der Waals surface area contributed by atoms with Crippen LogP contribution in [0.15, 0.2) is 0 Å². The van der Waals surface area contributed by atoms with E-state index in [9.17, 15) is 9.59 Å². The Balaban J connectivity index is 2.07. The number of hydrogen-bond donors (Lipinski definition) is 1. The summed E-state index contributed by atoms with van der Waals surface area (Å²) in [5.74, 6) is -0.189. The van der Waals surface area contributed by atoms with Crippen LogP contribution < -0.4 is 5.32 Å². The zero-order chi connectivity index (χ0) is 14.5. The highest BCUT2D eigenvalue weighted by atomic mass is 16.6. The molecule has 0 saturated carbocycles. The Morgan fingerprint density at radius 1 is 1.32 bits per heavy atom. The molecule has 1 aliphatic rings. The van der Waals surface area contributed by atoms with Gasteiger partial charge in [-0.2, -0.15) is 0 Å². The summed E-state index contributed by atoms with van der Waals surface area (Å²) in [7, 11) is 1.39. The molecule has 1 rings (SSSR count). The van der Waals surface area contributed by atoms with Crippen LogP contribution in [0.1, 0.15) is 33.6 Å². The van der Waals surface area contributed by atoms with Crippen LogP contribution in [0.4, 0.5) is 4.79 Å². The van der Waals surface area contributed by atoms with E-state index < -0.39 is 5.60 Å². The molecule has 0 aromatic heterocycles. The molecule has 0 unspecified atom stereocenters. The smallest absolute Gasteiger partial charge is 0.410 e. The van der Waals surface area contributed by atoms with Crippen molar-refractivity contribution in [3.63, 3.8) is 0 Å². The van der Waals surface area contributed by atoms with Crippen LogP contribution in [0.2, 0.25) is 0 Å². The number of rotatable bonds is 5. The molecule has 0 radical (unpaired) electrons. The topological polar surface area (TPSA) is 67.9 Å². The Morgan fingerprint density at radius 3 is 2.47 bits per heavy atom. The molecular weight excluding hydrogens is 248 g/mol. The largest absolute Gasteiger partial charge is 0.469 e. The third-order valence-electron chi connectivity index (χ3n) is 2.75. The first-order chi connectivity index (χ1) is 8.81. The van der Waals surface area contributed by atoms with Crippen LogP contribution in [-0.2, 0) is 14.3 Å². The van der Waals surface area contributed by atoms with E-state index in [-0.39, 0.29) is 12.1 Å². The second-order valence-corrected chi connectivity index (χ2v) is 5.72. The molecule has 110 valence electrons. The maximum atomic E-state index is 11.7. The molecule has 0 atom stereocenters. The summed E-state index contributed by atoms with van der Waals surface area (Å²) < 4.78 is 9.82. The first-order valence-corrected chi connectivity index (χ1v) is 6.60. The molecule has 1 fully saturated rings. The number of methoxy groups -OCH3 is 1. The molecule has 0 aliphatic carbocycles. The highest BCUT2D eigenvalue weighted by Crippen LogP contribution is 2.15. The van der Waals surface area contributed by atoms with Crippen molar-refractivity contribution in [2.24, 2.45) is 0 Å². The van der Waals surface area contributed by atoms with E-state index in [1.807, 2.05) is 20.8 Å². The SMILES string of the molecule is COC(=O)CCCNC1CN(C(=O)OC(C)(C)C)C1. The molecule has 6 heteroatoms. The quantitative estimate of drug-likeness (QED) is 0.600. The van der Waals surface area contributed by atoms with Crippen molar-refractivity contribution < 1.29 is 19.1 Å². The Kier molecular flexibility index (Phi) is 5.60. The van der Waals surface area contributed by atoms with E-state index >= 15 is 0 Å². The Labute approximate surface area is 114 Å². The minimum atomic E-state index is -0.448. The monoisotopic (exact) mass is 272 g/mol. The molecule has 0 bridgehead atoms. The number of esters is 1. The average molecular weight is 272 g/mol. The van der Waals surface area contributed by atoms with Crippen molar-refractivity contribution >= 4 is 12.1 Å². The van der Waals surface area contributed by atoms with Gasteiger partial charge in [-0.3, -0.25) is 4.79 Å². The molecular formula is C13H24N2O4. The van der Waals surface area contributed by atoms with Crippen molar-refractivity contribution in [1.82, 2.24) is 10.2 Å². The van der Waals surface area contributed by atoms with Crippen LogP contribution in [0, 0.1) is 0 Å². The predicted octanol–water partition coefficient (Wildman–Crippen LogP) is 1.15. The van der Waals surface area contributed by atoms with E-state index in [1.165, 1.54) is 7.11 Å². The fourth-order valence-corrected chi connectivity index (χ4v) is 1.72. The zero-order valence-electron chi connectivity index (χ0n) is 12.2. The zero-order valence-corrected chi connectivity index (χ0v) is 12.2. The van der Waals surface area contributed by atoms with Crippen molar-refractivity contribution in [2.75, 3.05) is 26.7 Å². The minimum absolute atomic E-state index is 0.189. The van der Waals surface area contributed by atoms with Gasteiger partial charge in [-0.25, -0.2) is 4.79 Å². The maximum Gasteiger partial charge on any atom is 0.410 e. The third-order valence-corrected chi connectivity index (χ3v) is 2.75. The summed E-state index contributed by atoms with van der Waals surface area (Å²) in [5, 5.41) is 3.29. The minimum Gasteiger partial charge on any atom is -0.469 e. The van der Waals surface area contributed by atoms with Gasteiger partial charge in [-0.1, -0.05) is 0 Å². The van der Waals surface area contributed by atoms with Gasteiger partial charge in [-0.05, 0) is 33.7 Å². The number of nitrogens with one attached hydrogen (secondary N) is 1. The van der Waals surface area contributed by atoms with Gasteiger partial charge < -0.3 is 19.7 Å². The lowest BCUT2D eigenvalue weighted by atomic mass is 10.1. The van der Waals surface area contributed by atoms with E-state index in [0.717, 1.165) is 13.0 Å². The maximum absolute atomic E-state index is 11.7. The molecule has 1 heterocycles. The molecule has 0 aromatic carbocycles. The third kappa shape index (κ3) is 5.92. The lowest BCUT2D eigenvalue weighted by molar-refractivity contribution is -0.140. The first-order valence-electron chi connectivity index (χ1n) is 6.60. The summed E-state index contributed by atoms with van der Waals surface area (Å²) in [6, 6.07) is 0.296. The molecule has 6 nitrogen and oxygen atoms in total. The summed E-state index contributed by atoms with van der Waals surface area (Å²) in [6.07, 6.45) is 0.904. The van der Waals surface area contributed by atoms with Crippen molar-refractivity contribution in [2.45, 2.75) is 45.3 Å². The molecule has 0 spiro atoms. The van der Waals surface area contributed by atoms with Crippen LogP contribution in [0.3, 0.4) is 0 Å². The summed E-state index contributed by atoms with van der Waals surface area (Å²) in [6.45, 7) is 7.63. The van der Waals surface area contributed by atoms with Gasteiger partial charge in [0.2, 0.25) is 0 Å². The van der Waals surface area contributed by atoms with E-state index in [2.05, 4.69) is 10.1 Å². The number of amides is 1. The highest BCUT2D eigenvalue weighted by molar-refractivity contribution is 5.69. The molecule has 1 saturated heterocycles. The summed E-state index contributed by atoms with van der Waals surface area (Å²) >= 11 is 0. The van der Waals surface area contributed by atoms with Gasteiger partial charge in [0.25, 0.3) is 0 Å². The summed E-state index contributed by atoms with van der Waals surface area (Å²) in [5.41, 5.74) is -0.448. The average Bonchev–Trinajstić information content (AvgIpc) is 2.23. The van der Waals surface area contributed by atoms with Crippen LogP contribution in [0.25, 0.3) is 0 Å². The van der Waals surface area contributed by atoms with Crippen LogP contribution in [0.5, 0.6) is 0 Å². The molecule has 1 aliphatic heterocycles. The van der Waals surface area contributed by atoms with Gasteiger partial charge in [-0.15, -0.1) is 0 Å². The van der Waals surface area contributed by atoms with Crippen molar-refractivity contribution in [3.8, 4) is 0 Å². The standard InChI is InChI=1S/C13H24N2O4/c1-13(2,3)19-12(17)15-8-10(9-15)14-7-5-6-11(16)18-4/h10,14H,5-9H2,1-4H3. The van der Waals surface area contributed by atoms with Gasteiger partial charge in [0.15, 0.2) is 0 Å². The predicted molar refractivity (Wildman–Crippen MR) is 70.8 cm³/mol. The fraction of sp³-hybridized carbons (Fsp3) is 0.846. The van der Waals surface area contributed by atoms with Crippen molar-refractivity contribution in [1.29, 1.82) is 0 Å². The Hall–Kier alpha value is -1.30. The number of ether oxygens (including phenoxy) is 2. The van der Waals surface area contributed by atoms with E-state index in [1.54, 1.807) is 4.90 Å². The van der Waals surface area contributed by atoms with Crippen LogP contribution in [-0.4, -0.2) is 55.3 Å².